The van der Waals surface area contributed by atoms with Gasteiger partial charge in [0.15, 0.2) is 0 Å². The molecule has 0 radical (unpaired) electrons. The maximum atomic E-state index is 5.28. The van der Waals surface area contributed by atoms with Crippen LogP contribution in [0, 0.1) is 0 Å². The third-order valence-corrected chi connectivity index (χ3v) is 11.6. The monoisotopic (exact) mass is 698 g/mol. The van der Waals surface area contributed by atoms with Gasteiger partial charge >= 0.3 is 0 Å². The number of rotatable bonds is 5. The van der Waals surface area contributed by atoms with Crippen LogP contribution >= 0.6 is 0 Å². The first-order chi connectivity index (χ1) is 27.3. The first kappa shape index (κ1) is 31.4. The van der Waals surface area contributed by atoms with E-state index in [4.69, 9.17) is 9.97 Å². The first-order valence-electron chi connectivity index (χ1n) is 18.9. The topological polar surface area (TPSA) is 25.8 Å². The maximum Gasteiger partial charge on any atom is 0.0979 e. The summed E-state index contributed by atoms with van der Waals surface area (Å²) in [6, 6.07) is 72.6. The number of hydrogen-bond acceptors (Lipinski definition) is 2. The molecule has 1 aliphatic carbocycles. The fourth-order valence-electron chi connectivity index (χ4n) is 9.12. The molecule has 0 aliphatic heterocycles. The van der Waals surface area contributed by atoms with Gasteiger partial charge in [0.25, 0.3) is 0 Å². The fraction of sp³-hybridized carbons (Fsp3) is 0.0189. The molecule has 1 heterocycles. The zero-order chi connectivity index (χ0) is 36.3. The Morgan fingerprint density at radius 1 is 0.327 bits per heavy atom. The standard InChI is InChI=1S/C53H34N2/c1-3-19-40(20-4-1)53(41-21-5-2-6-22-41)48-28-12-11-25-44(48)45-30-29-38(33-49(45)53)36-16-13-15-35(31-36)37-17-14-18-39(32-37)50-34-54-51-46-26-9-7-23-42(46)43-24-8-10-27-47(43)52(51)55-50/h1-34H. The number of fused-ring (bicyclic) bond motifs is 9. The van der Waals surface area contributed by atoms with Crippen LogP contribution < -0.4 is 0 Å². The van der Waals surface area contributed by atoms with Crippen molar-refractivity contribution in [3.63, 3.8) is 0 Å². The number of hydrogen-bond donors (Lipinski definition) is 0. The van der Waals surface area contributed by atoms with Gasteiger partial charge in [0.05, 0.1) is 28.3 Å². The zero-order valence-corrected chi connectivity index (χ0v) is 30.0. The summed E-state index contributed by atoms with van der Waals surface area (Å²) in [4.78, 5) is 10.3. The molecule has 1 aromatic heterocycles. The molecule has 9 aromatic carbocycles. The van der Waals surface area contributed by atoms with E-state index in [1.165, 1.54) is 55.3 Å². The molecule has 1 aliphatic rings. The van der Waals surface area contributed by atoms with Gasteiger partial charge in [-0.3, -0.25) is 4.98 Å². The van der Waals surface area contributed by atoms with Gasteiger partial charge in [-0.25, -0.2) is 4.98 Å². The molecule has 256 valence electrons. The minimum absolute atomic E-state index is 0.436. The molecule has 0 spiro atoms. The van der Waals surface area contributed by atoms with Gasteiger partial charge in [-0.15, -0.1) is 0 Å². The van der Waals surface area contributed by atoms with E-state index in [-0.39, 0.29) is 0 Å². The summed E-state index contributed by atoms with van der Waals surface area (Å²) < 4.78 is 0. The molecule has 0 amide bonds. The van der Waals surface area contributed by atoms with Crippen molar-refractivity contribution in [2.75, 3.05) is 0 Å². The van der Waals surface area contributed by atoms with Crippen LogP contribution in [0.3, 0.4) is 0 Å². The van der Waals surface area contributed by atoms with Crippen LogP contribution in [-0.4, -0.2) is 9.97 Å². The molecule has 2 heteroatoms. The van der Waals surface area contributed by atoms with Crippen LogP contribution in [0.2, 0.25) is 0 Å². The highest BCUT2D eigenvalue weighted by atomic mass is 14.8. The Morgan fingerprint density at radius 2 is 0.818 bits per heavy atom. The minimum atomic E-state index is -0.436. The summed E-state index contributed by atoms with van der Waals surface area (Å²) in [5.41, 5.74) is 15.8. The molecule has 0 atom stereocenters. The average Bonchev–Trinajstić information content (AvgIpc) is 3.57. The first-order valence-corrected chi connectivity index (χ1v) is 18.9. The molecular weight excluding hydrogens is 665 g/mol. The van der Waals surface area contributed by atoms with E-state index in [2.05, 4.69) is 200 Å². The lowest BCUT2D eigenvalue weighted by Gasteiger charge is -2.34. The molecule has 0 unspecified atom stereocenters. The van der Waals surface area contributed by atoms with Crippen LogP contribution in [0.5, 0.6) is 0 Å². The van der Waals surface area contributed by atoms with Gasteiger partial charge in [-0.2, -0.15) is 0 Å². The largest absolute Gasteiger partial charge is 0.252 e. The van der Waals surface area contributed by atoms with Crippen molar-refractivity contribution in [2.24, 2.45) is 0 Å². The summed E-state index contributed by atoms with van der Waals surface area (Å²) in [5.74, 6) is 0. The number of nitrogens with zero attached hydrogens (tertiary/aromatic N) is 2. The third kappa shape index (κ3) is 4.82. The van der Waals surface area contributed by atoms with Crippen molar-refractivity contribution in [1.29, 1.82) is 0 Å². The molecule has 0 fully saturated rings. The smallest absolute Gasteiger partial charge is 0.0979 e. The highest BCUT2D eigenvalue weighted by molar-refractivity contribution is 6.23. The van der Waals surface area contributed by atoms with Crippen LogP contribution in [0.1, 0.15) is 22.3 Å². The maximum absolute atomic E-state index is 5.28. The Kier molecular flexibility index (Phi) is 7.11. The number of aromatic nitrogens is 2. The molecule has 2 nitrogen and oxygen atoms in total. The van der Waals surface area contributed by atoms with Gasteiger partial charge in [-0.05, 0) is 84.6 Å². The summed E-state index contributed by atoms with van der Waals surface area (Å²) in [6.45, 7) is 0. The molecule has 0 saturated carbocycles. The second-order valence-corrected chi connectivity index (χ2v) is 14.5. The van der Waals surface area contributed by atoms with Gasteiger partial charge < -0.3 is 0 Å². The fourth-order valence-corrected chi connectivity index (χ4v) is 9.12. The Hall–Kier alpha value is -7.16. The normalized spacial score (nSPS) is 12.9. The Morgan fingerprint density at radius 3 is 1.47 bits per heavy atom. The van der Waals surface area contributed by atoms with E-state index in [9.17, 15) is 0 Å². The molecule has 11 rings (SSSR count). The van der Waals surface area contributed by atoms with Crippen molar-refractivity contribution in [1.82, 2.24) is 9.97 Å². The van der Waals surface area contributed by atoms with E-state index >= 15 is 0 Å². The number of benzene rings is 9. The molecule has 55 heavy (non-hydrogen) atoms. The van der Waals surface area contributed by atoms with E-state index in [0.29, 0.717) is 0 Å². The lowest BCUT2D eigenvalue weighted by Crippen LogP contribution is -2.28. The van der Waals surface area contributed by atoms with Gasteiger partial charge in [0, 0.05) is 16.3 Å². The summed E-state index contributed by atoms with van der Waals surface area (Å²) >= 11 is 0. The molecule has 10 aromatic rings. The van der Waals surface area contributed by atoms with Gasteiger partial charge in [0.2, 0.25) is 0 Å². The van der Waals surface area contributed by atoms with Crippen LogP contribution in [0.4, 0.5) is 0 Å². The minimum Gasteiger partial charge on any atom is -0.252 e. The van der Waals surface area contributed by atoms with Crippen LogP contribution in [0.15, 0.2) is 206 Å². The van der Waals surface area contributed by atoms with Gasteiger partial charge in [0.1, 0.15) is 0 Å². The van der Waals surface area contributed by atoms with E-state index < -0.39 is 5.41 Å². The summed E-state index contributed by atoms with van der Waals surface area (Å²) in [6.07, 6.45) is 1.92. The summed E-state index contributed by atoms with van der Waals surface area (Å²) in [7, 11) is 0. The third-order valence-electron chi connectivity index (χ3n) is 11.6. The molecular formula is C53H34N2. The van der Waals surface area contributed by atoms with Crippen molar-refractivity contribution in [2.45, 2.75) is 5.41 Å². The van der Waals surface area contributed by atoms with Gasteiger partial charge in [-0.1, -0.05) is 182 Å². The highest BCUT2D eigenvalue weighted by Gasteiger charge is 2.46. The molecule has 0 bridgehead atoms. The predicted octanol–water partition coefficient (Wildman–Crippen LogP) is 13.3. The molecule has 0 saturated heterocycles. The average molecular weight is 699 g/mol. The second kappa shape index (κ2) is 12.5. The zero-order valence-electron chi connectivity index (χ0n) is 30.0. The van der Waals surface area contributed by atoms with Crippen molar-refractivity contribution in [3.8, 4) is 44.6 Å². The van der Waals surface area contributed by atoms with E-state index in [1.807, 2.05) is 6.20 Å². The molecule has 0 N–H and O–H groups in total. The van der Waals surface area contributed by atoms with E-state index in [1.54, 1.807) is 0 Å². The van der Waals surface area contributed by atoms with Crippen LogP contribution in [0.25, 0.3) is 77.2 Å². The predicted molar refractivity (Wildman–Crippen MR) is 228 cm³/mol. The SMILES string of the molecule is c1ccc(C2(c3ccccc3)c3ccccc3-c3ccc(-c4cccc(-c5cccc(-c6cnc7c8ccccc8c8ccccc8c7n6)c5)c4)cc32)cc1. The Bertz CT molecular complexity index is 3020. The van der Waals surface area contributed by atoms with Crippen molar-refractivity contribution >= 4 is 32.6 Å². The van der Waals surface area contributed by atoms with E-state index in [0.717, 1.165) is 44.2 Å². The lowest BCUT2D eigenvalue weighted by atomic mass is 9.67. The van der Waals surface area contributed by atoms with Crippen molar-refractivity contribution in [3.05, 3.63) is 229 Å². The Balaban J connectivity index is 1.03. The lowest BCUT2D eigenvalue weighted by molar-refractivity contribution is 0.769. The Labute approximate surface area is 320 Å². The second-order valence-electron chi connectivity index (χ2n) is 14.5. The highest BCUT2D eigenvalue weighted by Crippen LogP contribution is 2.56. The van der Waals surface area contributed by atoms with Crippen molar-refractivity contribution < 1.29 is 0 Å². The quantitative estimate of drug-likeness (QED) is 0.167. The summed E-state index contributed by atoms with van der Waals surface area (Å²) in [5, 5.41) is 4.65. The van der Waals surface area contributed by atoms with Crippen LogP contribution in [-0.2, 0) is 5.41 Å².